The molecular weight excluding hydrogens is 464 g/mol. The number of amides is 2. The van der Waals surface area contributed by atoms with Gasteiger partial charge in [0, 0.05) is 30.8 Å². The lowest BCUT2D eigenvalue weighted by molar-refractivity contribution is -0.142. The molecule has 194 valence electrons. The van der Waals surface area contributed by atoms with E-state index in [-0.39, 0.29) is 47.6 Å². The van der Waals surface area contributed by atoms with E-state index < -0.39 is 23.7 Å². The van der Waals surface area contributed by atoms with Gasteiger partial charge in [-0.2, -0.15) is 0 Å². The van der Waals surface area contributed by atoms with Crippen LogP contribution in [0.2, 0.25) is 0 Å². The topological polar surface area (TPSA) is 91.3 Å². The maximum absolute atomic E-state index is 13.5. The summed E-state index contributed by atoms with van der Waals surface area (Å²) in [6.07, 6.45) is 4.19. The predicted molar refractivity (Wildman–Crippen MR) is 132 cm³/mol. The number of nitrogens with one attached hydrogen (secondary N) is 2. The maximum Gasteiger partial charge on any atom is 0.270 e. The molecule has 2 aliphatic rings. The normalized spacial score (nSPS) is 30.7. The second-order valence-corrected chi connectivity index (χ2v) is 10.8. The summed E-state index contributed by atoms with van der Waals surface area (Å²) in [6.45, 7) is 6.08. The Morgan fingerprint density at radius 1 is 1.17 bits per heavy atom. The first-order chi connectivity index (χ1) is 17.1. The zero-order valence-electron chi connectivity index (χ0n) is 21.0. The molecule has 8 heteroatoms. The summed E-state index contributed by atoms with van der Waals surface area (Å²) >= 11 is 0. The van der Waals surface area contributed by atoms with Gasteiger partial charge in [-0.1, -0.05) is 26.8 Å². The number of aromatic nitrogens is 1. The molecule has 0 bridgehead atoms. The number of aliphatic hydroxyl groups is 1. The van der Waals surface area contributed by atoms with Crippen LogP contribution in [0, 0.1) is 40.7 Å². The minimum atomic E-state index is -0.708. The van der Waals surface area contributed by atoms with Gasteiger partial charge < -0.3 is 15.7 Å². The highest BCUT2D eigenvalue weighted by atomic mass is 19.1. The number of pyridine rings is 1. The third-order valence-electron chi connectivity index (χ3n) is 8.55. The molecule has 4 rings (SSSR count). The van der Waals surface area contributed by atoms with Crippen molar-refractivity contribution in [1.29, 1.82) is 0 Å². The van der Waals surface area contributed by atoms with E-state index >= 15 is 0 Å². The molecule has 1 aromatic heterocycles. The lowest BCUT2D eigenvalue weighted by Crippen LogP contribution is -2.58. The standard InChI is InChI=1S/C28H35F2N3O3/c1-16(26(35)32-15-18-12-19(29)14-20(30)13-18)21-7-9-28(3)10-8-22(17(2)24(28)25(21)34)33-27(36)23-6-4-5-11-31-23/h4-6,11-14,16-17,21-22,24-25,34H,7-10,15H2,1-3H3,(H,32,35)(H,33,36)/t16-,17+,21-,22-,24+,25-,28-/m0/s1. The SMILES string of the molecule is C[C@H]1[C@@H]2[C@@H](O)[C@H]([C@H](C)C(=O)NCc3cc(F)cc(F)c3)CC[C@@]2(C)CC[C@@H]1NC(=O)c1ccccn1. The number of aliphatic hydroxyl groups excluding tert-OH is 1. The smallest absolute Gasteiger partial charge is 0.270 e. The van der Waals surface area contributed by atoms with Crippen LogP contribution < -0.4 is 10.6 Å². The van der Waals surface area contributed by atoms with E-state index in [1.165, 1.54) is 12.1 Å². The molecule has 0 spiro atoms. The van der Waals surface area contributed by atoms with Gasteiger partial charge in [-0.25, -0.2) is 8.78 Å². The van der Waals surface area contributed by atoms with Gasteiger partial charge in [-0.15, -0.1) is 0 Å². The van der Waals surface area contributed by atoms with Crippen LogP contribution in [0.1, 0.15) is 62.5 Å². The Morgan fingerprint density at radius 2 is 1.86 bits per heavy atom. The van der Waals surface area contributed by atoms with Crippen molar-refractivity contribution in [3.63, 3.8) is 0 Å². The molecule has 2 aromatic rings. The van der Waals surface area contributed by atoms with Gasteiger partial charge in [0.1, 0.15) is 17.3 Å². The van der Waals surface area contributed by atoms with Gasteiger partial charge in [0.25, 0.3) is 5.91 Å². The van der Waals surface area contributed by atoms with Crippen LogP contribution in [0.4, 0.5) is 8.78 Å². The Balaban J connectivity index is 1.42. The molecule has 7 atom stereocenters. The molecular formula is C28H35F2N3O3. The van der Waals surface area contributed by atoms with Gasteiger partial charge in [-0.3, -0.25) is 14.6 Å². The van der Waals surface area contributed by atoms with Gasteiger partial charge in [-0.05, 0) is 78.7 Å². The number of halogens is 2. The molecule has 2 aliphatic carbocycles. The molecule has 6 nitrogen and oxygen atoms in total. The Hall–Kier alpha value is -2.87. The van der Waals surface area contributed by atoms with E-state index in [2.05, 4.69) is 29.5 Å². The van der Waals surface area contributed by atoms with Crippen LogP contribution in [-0.4, -0.2) is 34.1 Å². The van der Waals surface area contributed by atoms with Crippen LogP contribution >= 0.6 is 0 Å². The van der Waals surface area contributed by atoms with E-state index in [1.807, 2.05) is 0 Å². The van der Waals surface area contributed by atoms with E-state index in [0.717, 1.165) is 31.7 Å². The third-order valence-corrected chi connectivity index (χ3v) is 8.55. The number of fused-ring (bicyclic) bond motifs is 1. The number of hydrogen-bond donors (Lipinski definition) is 3. The molecule has 36 heavy (non-hydrogen) atoms. The minimum absolute atomic E-state index is 0.0137. The molecule has 0 saturated heterocycles. The second kappa shape index (κ2) is 10.6. The number of nitrogens with zero attached hydrogens (tertiary/aromatic N) is 1. The van der Waals surface area contributed by atoms with Crippen molar-refractivity contribution in [2.45, 2.75) is 65.1 Å². The van der Waals surface area contributed by atoms with Crippen molar-refractivity contribution in [2.75, 3.05) is 0 Å². The largest absolute Gasteiger partial charge is 0.392 e. The van der Waals surface area contributed by atoms with Crippen LogP contribution in [0.15, 0.2) is 42.6 Å². The summed E-state index contributed by atoms with van der Waals surface area (Å²) in [7, 11) is 0. The summed E-state index contributed by atoms with van der Waals surface area (Å²) in [5, 5.41) is 17.4. The van der Waals surface area contributed by atoms with Gasteiger partial charge in [0.05, 0.1) is 6.10 Å². The Bertz CT molecular complexity index is 1080. The highest BCUT2D eigenvalue weighted by molar-refractivity contribution is 5.92. The summed E-state index contributed by atoms with van der Waals surface area (Å²) in [5.41, 5.74) is 0.636. The molecule has 0 aliphatic heterocycles. The van der Waals surface area contributed by atoms with Crippen molar-refractivity contribution in [3.05, 3.63) is 65.5 Å². The lowest BCUT2D eigenvalue weighted by atomic mass is 9.51. The Morgan fingerprint density at radius 3 is 2.53 bits per heavy atom. The fraction of sp³-hybridized carbons (Fsp3) is 0.536. The number of rotatable bonds is 6. The molecule has 1 aromatic carbocycles. The van der Waals surface area contributed by atoms with Crippen molar-refractivity contribution < 1.29 is 23.5 Å². The first-order valence-corrected chi connectivity index (χ1v) is 12.7. The monoisotopic (exact) mass is 499 g/mol. The molecule has 3 N–H and O–H groups in total. The molecule has 2 saturated carbocycles. The van der Waals surface area contributed by atoms with Crippen LogP contribution in [0.3, 0.4) is 0 Å². The Labute approximate surface area is 210 Å². The quantitative estimate of drug-likeness (QED) is 0.555. The van der Waals surface area contributed by atoms with Gasteiger partial charge >= 0.3 is 0 Å². The van der Waals surface area contributed by atoms with Crippen molar-refractivity contribution in [1.82, 2.24) is 15.6 Å². The first kappa shape index (κ1) is 26.2. The third kappa shape index (κ3) is 5.43. The number of carbonyl (C=O) groups is 2. The van der Waals surface area contributed by atoms with E-state index in [0.29, 0.717) is 11.3 Å². The molecule has 0 radical (unpaired) electrons. The molecule has 1 heterocycles. The van der Waals surface area contributed by atoms with Crippen molar-refractivity contribution in [2.24, 2.45) is 29.1 Å². The number of carbonyl (C=O) groups excluding carboxylic acids is 2. The summed E-state index contributed by atoms with van der Waals surface area (Å²) in [5.74, 6) is -2.64. The first-order valence-electron chi connectivity index (χ1n) is 12.7. The zero-order valence-corrected chi connectivity index (χ0v) is 21.0. The predicted octanol–water partition coefficient (Wildman–Crippen LogP) is 4.23. The molecule has 2 amide bonds. The molecule has 0 unspecified atom stereocenters. The van der Waals surface area contributed by atoms with E-state index in [9.17, 15) is 23.5 Å². The summed E-state index contributed by atoms with van der Waals surface area (Å²) in [4.78, 5) is 29.8. The van der Waals surface area contributed by atoms with Crippen LogP contribution in [-0.2, 0) is 11.3 Å². The van der Waals surface area contributed by atoms with E-state index in [1.54, 1.807) is 31.3 Å². The Kier molecular flexibility index (Phi) is 7.73. The van der Waals surface area contributed by atoms with Crippen LogP contribution in [0.25, 0.3) is 0 Å². The van der Waals surface area contributed by atoms with Gasteiger partial charge in [0.2, 0.25) is 5.91 Å². The maximum atomic E-state index is 13.5. The zero-order chi connectivity index (χ0) is 26.0. The second-order valence-electron chi connectivity index (χ2n) is 10.8. The lowest BCUT2D eigenvalue weighted by Gasteiger charge is -2.56. The fourth-order valence-corrected chi connectivity index (χ4v) is 6.49. The fourth-order valence-electron chi connectivity index (χ4n) is 6.49. The number of benzene rings is 1. The summed E-state index contributed by atoms with van der Waals surface area (Å²) < 4.78 is 27.0. The minimum Gasteiger partial charge on any atom is -0.392 e. The highest BCUT2D eigenvalue weighted by Crippen LogP contribution is 2.55. The van der Waals surface area contributed by atoms with Crippen molar-refractivity contribution in [3.8, 4) is 0 Å². The average molecular weight is 500 g/mol. The van der Waals surface area contributed by atoms with Gasteiger partial charge in [0.15, 0.2) is 0 Å². The molecule has 2 fully saturated rings. The highest BCUT2D eigenvalue weighted by Gasteiger charge is 2.53. The average Bonchev–Trinajstić information content (AvgIpc) is 2.84. The summed E-state index contributed by atoms with van der Waals surface area (Å²) in [6, 6.07) is 8.29. The van der Waals surface area contributed by atoms with Crippen molar-refractivity contribution >= 4 is 11.8 Å². The number of hydrogen-bond acceptors (Lipinski definition) is 4. The van der Waals surface area contributed by atoms with Crippen LogP contribution in [0.5, 0.6) is 0 Å². The van der Waals surface area contributed by atoms with E-state index in [4.69, 9.17) is 0 Å².